The SMILES string of the molecule is CSc1noc(C)c1-c1ccnc(Nc2ccc(S(C)(=O)=O)cc2)n1. The molecule has 7 nitrogen and oxygen atoms in total. The minimum absolute atomic E-state index is 0.262. The van der Waals surface area contributed by atoms with Crippen LogP contribution in [0.25, 0.3) is 11.3 Å². The Kier molecular flexibility index (Phi) is 4.78. The van der Waals surface area contributed by atoms with E-state index in [1.807, 2.05) is 13.2 Å². The van der Waals surface area contributed by atoms with Crippen molar-refractivity contribution in [1.82, 2.24) is 15.1 Å². The van der Waals surface area contributed by atoms with Gasteiger partial charge in [0.25, 0.3) is 0 Å². The van der Waals surface area contributed by atoms with Crippen molar-refractivity contribution in [2.24, 2.45) is 0 Å². The van der Waals surface area contributed by atoms with E-state index in [2.05, 4.69) is 20.4 Å². The number of aryl methyl sites for hydroxylation is 1. The van der Waals surface area contributed by atoms with Gasteiger partial charge in [0.2, 0.25) is 5.95 Å². The van der Waals surface area contributed by atoms with Gasteiger partial charge in [-0.05, 0) is 43.5 Å². The molecular weight excluding hydrogens is 360 g/mol. The van der Waals surface area contributed by atoms with Gasteiger partial charge in [-0.2, -0.15) is 0 Å². The number of hydrogen-bond donors (Lipinski definition) is 1. The summed E-state index contributed by atoms with van der Waals surface area (Å²) in [5.41, 5.74) is 2.23. The molecule has 0 saturated heterocycles. The quantitative estimate of drug-likeness (QED) is 0.677. The van der Waals surface area contributed by atoms with Crippen molar-refractivity contribution >= 4 is 33.2 Å². The van der Waals surface area contributed by atoms with Gasteiger partial charge in [0.15, 0.2) is 9.84 Å². The maximum atomic E-state index is 11.5. The third kappa shape index (κ3) is 3.83. The zero-order valence-corrected chi connectivity index (χ0v) is 15.5. The third-order valence-electron chi connectivity index (χ3n) is 3.48. The van der Waals surface area contributed by atoms with Crippen LogP contribution in [0.3, 0.4) is 0 Å². The molecule has 0 radical (unpaired) electrons. The molecule has 25 heavy (non-hydrogen) atoms. The van der Waals surface area contributed by atoms with E-state index in [1.165, 1.54) is 30.2 Å². The maximum Gasteiger partial charge on any atom is 0.227 e. The summed E-state index contributed by atoms with van der Waals surface area (Å²) in [6, 6.07) is 8.21. The van der Waals surface area contributed by atoms with E-state index in [1.54, 1.807) is 24.4 Å². The average Bonchev–Trinajstić information content (AvgIpc) is 2.95. The first-order valence-electron chi connectivity index (χ1n) is 7.29. The van der Waals surface area contributed by atoms with Crippen molar-refractivity contribution in [3.05, 3.63) is 42.3 Å². The topological polar surface area (TPSA) is 98.0 Å². The molecule has 0 amide bonds. The standard InChI is InChI=1S/C16H16N4O3S2/c1-10-14(15(24-2)20-23-10)13-8-9-17-16(19-13)18-11-4-6-12(7-5-11)25(3,21)22/h4-9H,1-3H3,(H,17,18,19). The molecule has 0 aliphatic rings. The zero-order valence-electron chi connectivity index (χ0n) is 13.8. The summed E-state index contributed by atoms with van der Waals surface area (Å²) in [5.74, 6) is 1.09. The normalized spacial score (nSPS) is 11.5. The molecule has 0 saturated carbocycles. The molecule has 3 rings (SSSR count). The summed E-state index contributed by atoms with van der Waals surface area (Å²) < 4.78 is 28.3. The van der Waals surface area contributed by atoms with Crippen LogP contribution in [0.4, 0.5) is 11.6 Å². The number of sulfone groups is 1. The lowest BCUT2D eigenvalue weighted by molar-refractivity contribution is 0.384. The number of nitrogens with one attached hydrogen (secondary N) is 1. The molecule has 0 atom stereocenters. The Morgan fingerprint density at radius 1 is 1.16 bits per heavy atom. The van der Waals surface area contributed by atoms with Gasteiger partial charge in [-0.3, -0.25) is 0 Å². The van der Waals surface area contributed by atoms with E-state index in [0.29, 0.717) is 23.1 Å². The Bertz CT molecular complexity index is 998. The van der Waals surface area contributed by atoms with Crippen LogP contribution in [-0.2, 0) is 9.84 Å². The fourth-order valence-corrected chi connectivity index (χ4v) is 3.45. The van der Waals surface area contributed by atoms with E-state index in [9.17, 15) is 8.42 Å². The van der Waals surface area contributed by atoms with E-state index < -0.39 is 9.84 Å². The van der Waals surface area contributed by atoms with Crippen LogP contribution in [0.1, 0.15) is 5.76 Å². The summed E-state index contributed by atoms with van der Waals surface area (Å²) >= 11 is 1.48. The summed E-state index contributed by atoms with van der Waals surface area (Å²) in [5, 5.41) is 7.84. The van der Waals surface area contributed by atoms with Gasteiger partial charge in [-0.15, -0.1) is 11.8 Å². The summed E-state index contributed by atoms with van der Waals surface area (Å²) in [6.45, 7) is 1.83. The van der Waals surface area contributed by atoms with Gasteiger partial charge >= 0.3 is 0 Å². The number of rotatable bonds is 5. The first-order chi connectivity index (χ1) is 11.9. The van der Waals surface area contributed by atoms with E-state index in [4.69, 9.17) is 4.52 Å². The van der Waals surface area contributed by atoms with Crippen molar-refractivity contribution in [1.29, 1.82) is 0 Å². The zero-order chi connectivity index (χ0) is 18.0. The second-order valence-electron chi connectivity index (χ2n) is 5.31. The molecule has 130 valence electrons. The van der Waals surface area contributed by atoms with Crippen LogP contribution in [0, 0.1) is 6.92 Å². The Morgan fingerprint density at radius 2 is 1.88 bits per heavy atom. The number of hydrogen-bond acceptors (Lipinski definition) is 8. The third-order valence-corrected chi connectivity index (χ3v) is 5.27. The molecule has 0 aliphatic carbocycles. The van der Waals surface area contributed by atoms with Crippen molar-refractivity contribution in [3.63, 3.8) is 0 Å². The number of anilines is 2. The molecule has 1 N–H and O–H groups in total. The van der Waals surface area contributed by atoms with Crippen molar-refractivity contribution in [3.8, 4) is 11.3 Å². The van der Waals surface area contributed by atoms with Gasteiger partial charge in [0.1, 0.15) is 10.8 Å². The Hall–Kier alpha value is -2.39. The van der Waals surface area contributed by atoms with E-state index >= 15 is 0 Å². The highest BCUT2D eigenvalue weighted by atomic mass is 32.2. The first-order valence-corrected chi connectivity index (χ1v) is 10.4. The molecule has 0 fully saturated rings. The summed E-state index contributed by atoms with van der Waals surface area (Å²) in [4.78, 5) is 8.96. The molecule has 2 heterocycles. The van der Waals surface area contributed by atoms with Crippen LogP contribution in [0.15, 0.2) is 51.0 Å². The maximum absolute atomic E-state index is 11.5. The second-order valence-corrected chi connectivity index (χ2v) is 8.12. The van der Waals surface area contributed by atoms with Crippen molar-refractivity contribution in [2.45, 2.75) is 16.8 Å². The minimum atomic E-state index is -3.22. The van der Waals surface area contributed by atoms with E-state index in [-0.39, 0.29) is 4.90 Å². The Morgan fingerprint density at radius 3 is 2.52 bits per heavy atom. The van der Waals surface area contributed by atoms with Crippen LogP contribution in [-0.4, -0.2) is 36.1 Å². The molecule has 3 aromatic rings. The summed E-state index contributed by atoms with van der Waals surface area (Å²) in [6.07, 6.45) is 4.74. The lowest BCUT2D eigenvalue weighted by atomic mass is 10.2. The van der Waals surface area contributed by atoms with Gasteiger partial charge < -0.3 is 9.84 Å². The lowest BCUT2D eigenvalue weighted by Crippen LogP contribution is -2.00. The van der Waals surface area contributed by atoms with Gasteiger partial charge in [-0.1, -0.05) is 5.16 Å². The highest BCUT2D eigenvalue weighted by molar-refractivity contribution is 7.98. The molecular formula is C16H16N4O3S2. The summed E-state index contributed by atoms with van der Waals surface area (Å²) in [7, 11) is -3.22. The predicted molar refractivity (Wildman–Crippen MR) is 96.9 cm³/mol. The Labute approximate surface area is 149 Å². The highest BCUT2D eigenvalue weighted by Crippen LogP contribution is 2.31. The predicted octanol–water partition coefficient (Wildman–Crippen LogP) is 3.31. The molecule has 0 aliphatic heterocycles. The van der Waals surface area contributed by atoms with Crippen molar-refractivity contribution in [2.75, 3.05) is 17.8 Å². The minimum Gasteiger partial charge on any atom is -0.360 e. The molecule has 0 unspecified atom stereocenters. The first kappa shape index (κ1) is 17.4. The van der Waals surface area contributed by atoms with Crippen LogP contribution in [0.2, 0.25) is 0 Å². The fourth-order valence-electron chi connectivity index (χ4n) is 2.25. The van der Waals surface area contributed by atoms with Gasteiger partial charge in [0, 0.05) is 18.1 Å². The number of benzene rings is 1. The van der Waals surface area contributed by atoms with Crippen LogP contribution in [0.5, 0.6) is 0 Å². The monoisotopic (exact) mass is 376 g/mol. The number of thioether (sulfide) groups is 1. The number of nitrogens with zero attached hydrogens (tertiary/aromatic N) is 3. The van der Waals surface area contributed by atoms with E-state index in [0.717, 1.165) is 10.6 Å². The van der Waals surface area contributed by atoms with Crippen LogP contribution >= 0.6 is 11.8 Å². The van der Waals surface area contributed by atoms with Gasteiger partial charge in [-0.25, -0.2) is 18.4 Å². The molecule has 1 aromatic carbocycles. The van der Waals surface area contributed by atoms with Crippen molar-refractivity contribution < 1.29 is 12.9 Å². The molecule has 2 aromatic heterocycles. The molecule has 0 bridgehead atoms. The Balaban J connectivity index is 1.88. The van der Waals surface area contributed by atoms with Crippen LogP contribution < -0.4 is 5.32 Å². The fraction of sp³-hybridized carbons (Fsp3) is 0.188. The largest absolute Gasteiger partial charge is 0.360 e. The highest BCUT2D eigenvalue weighted by Gasteiger charge is 2.16. The lowest BCUT2D eigenvalue weighted by Gasteiger charge is -2.07. The molecule has 9 heteroatoms. The average molecular weight is 376 g/mol. The van der Waals surface area contributed by atoms with Gasteiger partial charge in [0.05, 0.1) is 16.2 Å². The smallest absolute Gasteiger partial charge is 0.227 e. The molecule has 0 spiro atoms. The number of aromatic nitrogens is 3. The second kappa shape index (κ2) is 6.85.